The van der Waals surface area contributed by atoms with E-state index in [0.717, 1.165) is 35.8 Å². The minimum absolute atomic E-state index is 0. The molecule has 122 valence electrons. The Morgan fingerprint density at radius 3 is 2.64 bits per heavy atom. The van der Waals surface area contributed by atoms with Gasteiger partial charge in [-0.1, -0.05) is 26.0 Å². The maximum Gasteiger partial charge on any atom is 0.191 e. The smallest absolute Gasteiger partial charge is 0.191 e. The molecular formula is C16H26IN5. The fourth-order valence-electron chi connectivity index (χ4n) is 2.00. The number of aromatic amines is 1. The number of imidazole rings is 1. The molecule has 0 aliphatic rings. The van der Waals surface area contributed by atoms with Gasteiger partial charge < -0.3 is 15.6 Å². The highest BCUT2D eigenvalue weighted by molar-refractivity contribution is 14.0. The van der Waals surface area contributed by atoms with E-state index in [0.29, 0.717) is 12.0 Å². The molecule has 1 atom stereocenters. The first-order valence-corrected chi connectivity index (χ1v) is 7.51. The van der Waals surface area contributed by atoms with Gasteiger partial charge in [0.2, 0.25) is 0 Å². The topological polar surface area (TPSA) is 65.1 Å². The molecule has 0 amide bonds. The predicted molar refractivity (Wildman–Crippen MR) is 104 cm³/mol. The van der Waals surface area contributed by atoms with E-state index in [9.17, 15) is 0 Å². The lowest BCUT2D eigenvalue weighted by atomic mass is 10.1. The third kappa shape index (κ3) is 5.15. The molecule has 22 heavy (non-hydrogen) atoms. The molecule has 6 heteroatoms. The summed E-state index contributed by atoms with van der Waals surface area (Å²) in [5.41, 5.74) is 2.10. The molecule has 0 spiro atoms. The molecule has 0 saturated carbocycles. The largest absolute Gasteiger partial charge is 0.356 e. The van der Waals surface area contributed by atoms with E-state index in [-0.39, 0.29) is 24.0 Å². The van der Waals surface area contributed by atoms with E-state index in [1.54, 1.807) is 7.05 Å². The number of hydrogen-bond donors (Lipinski definition) is 3. The lowest BCUT2D eigenvalue weighted by Crippen LogP contribution is -2.44. The lowest BCUT2D eigenvalue weighted by Gasteiger charge is -2.20. The Bertz CT molecular complexity index is 572. The van der Waals surface area contributed by atoms with Crippen molar-refractivity contribution >= 4 is 41.0 Å². The zero-order chi connectivity index (χ0) is 15.2. The monoisotopic (exact) mass is 415 g/mol. The van der Waals surface area contributed by atoms with Crippen LogP contribution in [0.25, 0.3) is 11.0 Å². The number of para-hydroxylation sites is 2. The second-order valence-corrected chi connectivity index (χ2v) is 5.63. The van der Waals surface area contributed by atoms with Crippen molar-refractivity contribution < 1.29 is 0 Å². The molecule has 1 heterocycles. The summed E-state index contributed by atoms with van der Waals surface area (Å²) in [6.45, 7) is 7.35. The highest BCUT2D eigenvalue weighted by Crippen LogP contribution is 2.10. The minimum Gasteiger partial charge on any atom is -0.356 e. The zero-order valence-electron chi connectivity index (χ0n) is 13.7. The Hall–Kier alpha value is -1.31. The third-order valence-electron chi connectivity index (χ3n) is 3.68. The van der Waals surface area contributed by atoms with E-state index in [4.69, 9.17) is 0 Å². The van der Waals surface area contributed by atoms with Crippen molar-refractivity contribution in [3.05, 3.63) is 30.1 Å². The number of rotatable bonds is 5. The second-order valence-electron chi connectivity index (χ2n) is 5.63. The number of halogens is 1. The van der Waals surface area contributed by atoms with Gasteiger partial charge in [0.15, 0.2) is 5.96 Å². The highest BCUT2D eigenvalue weighted by atomic mass is 127. The van der Waals surface area contributed by atoms with E-state index < -0.39 is 0 Å². The summed E-state index contributed by atoms with van der Waals surface area (Å²) < 4.78 is 0. The fourth-order valence-corrected chi connectivity index (χ4v) is 2.00. The van der Waals surface area contributed by atoms with Gasteiger partial charge in [-0.15, -0.1) is 24.0 Å². The first-order valence-electron chi connectivity index (χ1n) is 7.51. The summed E-state index contributed by atoms with van der Waals surface area (Å²) in [6, 6.07) is 8.48. The molecule has 0 fully saturated rings. The van der Waals surface area contributed by atoms with Gasteiger partial charge in [-0.05, 0) is 25.0 Å². The Labute approximate surface area is 149 Å². The van der Waals surface area contributed by atoms with E-state index in [1.165, 1.54) is 0 Å². The number of aliphatic imine (C=N–C) groups is 1. The van der Waals surface area contributed by atoms with Gasteiger partial charge in [-0.2, -0.15) is 0 Å². The Morgan fingerprint density at radius 1 is 1.27 bits per heavy atom. The van der Waals surface area contributed by atoms with Gasteiger partial charge >= 0.3 is 0 Å². The van der Waals surface area contributed by atoms with Gasteiger partial charge in [-0.25, -0.2) is 4.98 Å². The molecule has 1 unspecified atom stereocenters. The van der Waals surface area contributed by atoms with Crippen LogP contribution in [-0.4, -0.2) is 35.6 Å². The molecule has 0 saturated heterocycles. The lowest BCUT2D eigenvalue weighted by molar-refractivity contribution is 0.481. The van der Waals surface area contributed by atoms with Crippen molar-refractivity contribution in [2.24, 2.45) is 10.9 Å². The molecule has 0 aliphatic carbocycles. The van der Waals surface area contributed by atoms with Crippen molar-refractivity contribution in [3.63, 3.8) is 0 Å². The molecule has 1 aromatic carbocycles. The van der Waals surface area contributed by atoms with Crippen LogP contribution in [0.15, 0.2) is 29.3 Å². The number of benzene rings is 1. The van der Waals surface area contributed by atoms with E-state index in [2.05, 4.69) is 46.4 Å². The van der Waals surface area contributed by atoms with Crippen molar-refractivity contribution in [1.29, 1.82) is 0 Å². The third-order valence-corrected chi connectivity index (χ3v) is 3.68. The van der Waals surface area contributed by atoms with Crippen LogP contribution < -0.4 is 10.6 Å². The van der Waals surface area contributed by atoms with Crippen LogP contribution in [0, 0.1) is 5.92 Å². The molecule has 0 radical (unpaired) electrons. The first kappa shape index (κ1) is 18.7. The van der Waals surface area contributed by atoms with Crippen LogP contribution >= 0.6 is 24.0 Å². The van der Waals surface area contributed by atoms with Gasteiger partial charge in [0, 0.05) is 26.1 Å². The van der Waals surface area contributed by atoms with Gasteiger partial charge in [0.25, 0.3) is 0 Å². The molecule has 2 rings (SSSR count). The molecule has 3 N–H and O–H groups in total. The molecule has 0 bridgehead atoms. The van der Waals surface area contributed by atoms with Crippen molar-refractivity contribution in [2.75, 3.05) is 13.6 Å². The average Bonchev–Trinajstić information content (AvgIpc) is 2.88. The summed E-state index contributed by atoms with van der Waals surface area (Å²) in [5, 5.41) is 6.71. The maximum absolute atomic E-state index is 4.57. The summed E-state index contributed by atoms with van der Waals surface area (Å²) in [5.74, 6) is 2.40. The van der Waals surface area contributed by atoms with Crippen LogP contribution in [0.5, 0.6) is 0 Å². The SMILES string of the molecule is CN=C(NCCc1nc2ccccc2[nH]1)NC(C)C(C)C.I. The molecule has 5 nitrogen and oxygen atoms in total. The fraction of sp³-hybridized carbons (Fsp3) is 0.500. The standard InChI is InChI=1S/C16H25N5.HI/c1-11(2)12(3)19-16(17-4)18-10-9-15-20-13-7-5-6-8-14(13)21-15;/h5-8,11-12H,9-10H2,1-4H3,(H,20,21)(H2,17,18,19);1H. The number of guanidine groups is 1. The van der Waals surface area contributed by atoms with Crippen molar-refractivity contribution in [1.82, 2.24) is 20.6 Å². The Balaban J connectivity index is 0.00000242. The van der Waals surface area contributed by atoms with Crippen LogP contribution in [0.3, 0.4) is 0 Å². The van der Waals surface area contributed by atoms with Crippen molar-refractivity contribution in [2.45, 2.75) is 33.2 Å². The zero-order valence-corrected chi connectivity index (χ0v) is 16.0. The minimum atomic E-state index is 0. The summed E-state index contributed by atoms with van der Waals surface area (Å²) in [6.07, 6.45) is 0.839. The van der Waals surface area contributed by atoms with Crippen LogP contribution in [-0.2, 0) is 6.42 Å². The van der Waals surface area contributed by atoms with Crippen LogP contribution in [0.4, 0.5) is 0 Å². The van der Waals surface area contributed by atoms with Gasteiger partial charge in [0.1, 0.15) is 5.82 Å². The molecule has 1 aromatic heterocycles. The van der Waals surface area contributed by atoms with E-state index in [1.807, 2.05) is 24.3 Å². The molecular weight excluding hydrogens is 389 g/mol. The quantitative estimate of drug-likeness (QED) is 0.400. The highest BCUT2D eigenvalue weighted by Gasteiger charge is 2.09. The Morgan fingerprint density at radius 2 is 2.00 bits per heavy atom. The molecule has 2 aromatic rings. The normalized spacial score (nSPS) is 13.0. The average molecular weight is 415 g/mol. The number of nitrogens with one attached hydrogen (secondary N) is 3. The van der Waals surface area contributed by atoms with Gasteiger partial charge in [0.05, 0.1) is 11.0 Å². The molecule has 0 aliphatic heterocycles. The van der Waals surface area contributed by atoms with Gasteiger partial charge in [-0.3, -0.25) is 4.99 Å². The number of H-pyrrole nitrogens is 1. The number of hydrogen-bond acceptors (Lipinski definition) is 2. The van der Waals surface area contributed by atoms with Crippen LogP contribution in [0.1, 0.15) is 26.6 Å². The van der Waals surface area contributed by atoms with Crippen LogP contribution in [0.2, 0.25) is 0 Å². The number of aromatic nitrogens is 2. The second kappa shape index (κ2) is 8.97. The summed E-state index contributed by atoms with van der Waals surface area (Å²) in [4.78, 5) is 12.2. The first-order chi connectivity index (χ1) is 10.1. The Kier molecular flexibility index (Phi) is 7.64. The summed E-state index contributed by atoms with van der Waals surface area (Å²) >= 11 is 0. The van der Waals surface area contributed by atoms with Crippen molar-refractivity contribution in [3.8, 4) is 0 Å². The number of nitrogens with zero attached hydrogens (tertiary/aromatic N) is 2. The van der Waals surface area contributed by atoms with E-state index >= 15 is 0 Å². The summed E-state index contributed by atoms with van der Waals surface area (Å²) in [7, 11) is 1.80. The maximum atomic E-state index is 4.57. The number of fused-ring (bicyclic) bond motifs is 1. The predicted octanol–water partition coefficient (Wildman–Crippen LogP) is 2.93.